The second-order valence-corrected chi connectivity index (χ2v) is 2.06. The van der Waals surface area contributed by atoms with Gasteiger partial charge in [-0.15, -0.1) is 0 Å². The Balaban J connectivity index is 3.08. The fourth-order valence-electron chi connectivity index (χ4n) is 0.731. The van der Waals surface area contributed by atoms with E-state index in [9.17, 15) is 4.79 Å². The molecule has 0 aromatic rings. The molecule has 0 N–H and O–H groups in total. The Morgan fingerprint density at radius 3 is 1.88 bits per heavy atom. The average molecular weight is 108 g/mol. The lowest BCUT2D eigenvalue weighted by Gasteiger charge is -2.17. The van der Waals surface area contributed by atoms with Gasteiger partial charge >= 0.3 is 0 Å². The molecule has 0 heterocycles. The van der Waals surface area contributed by atoms with E-state index in [-0.39, 0.29) is 5.78 Å². The third-order valence-corrected chi connectivity index (χ3v) is 1.63. The molecule has 1 rings (SSSR count). The molecule has 8 heavy (non-hydrogen) atoms. The summed E-state index contributed by atoms with van der Waals surface area (Å²) in [6, 6.07) is 0. The van der Waals surface area contributed by atoms with E-state index in [1.54, 1.807) is 0 Å². The molecule has 0 saturated carbocycles. The number of ketones is 1. The topological polar surface area (TPSA) is 17.1 Å². The second kappa shape index (κ2) is 1.31. The van der Waals surface area contributed by atoms with Gasteiger partial charge in [0, 0.05) is 11.1 Å². The lowest BCUT2D eigenvalue weighted by molar-refractivity contribution is -0.113. The third-order valence-electron chi connectivity index (χ3n) is 1.63. The van der Waals surface area contributed by atoms with Crippen molar-refractivity contribution < 1.29 is 4.79 Å². The zero-order valence-electron chi connectivity index (χ0n) is 5.12. The molecular formula is C7H8O. The van der Waals surface area contributed by atoms with E-state index in [1.807, 2.05) is 13.8 Å². The molecular weight excluding hydrogens is 100 g/mol. The SMILES string of the molecule is C=C1C(=O)C(C)=C1C. The number of hydrogen-bond acceptors (Lipinski definition) is 1. The minimum absolute atomic E-state index is 0.127. The van der Waals surface area contributed by atoms with Crippen LogP contribution in [0.3, 0.4) is 0 Å². The summed E-state index contributed by atoms with van der Waals surface area (Å²) in [4.78, 5) is 10.6. The van der Waals surface area contributed by atoms with Crippen molar-refractivity contribution in [2.24, 2.45) is 0 Å². The molecule has 42 valence electrons. The summed E-state index contributed by atoms with van der Waals surface area (Å²) in [6.07, 6.45) is 0. The largest absolute Gasteiger partial charge is 0.289 e. The van der Waals surface area contributed by atoms with Crippen LogP contribution >= 0.6 is 0 Å². The normalized spacial score (nSPS) is 19.2. The highest BCUT2D eigenvalue weighted by Gasteiger charge is 2.23. The van der Waals surface area contributed by atoms with Gasteiger partial charge in [-0.05, 0) is 19.4 Å². The van der Waals surface area contributed by atoms with Crippen LogP contribution in [0.2, 0.25) is 0 Å². The van der Waals surface area contributed by atoms with Crippen molar-refractivity contribution in [3.8, 4) is 0 Å². The molecule has 1 heteroatoms. The van der Waals surface area contributed by atoms with Crippen molar-refractivity contribution in [1.29, 1.82) is 0 Å². The first-order valence-corrected chi connectivity index (χ1v) is 2.56. The Bertz CT molecular complexity index is 174. The molecule has 0 bridgehead atoms. The van der Waals surface area contributed by atoms with Gasteiger partial charge in [-0.25, -0.2) is 0 Å². The minimum Gasteiger partial charge on any atom is -0.289 e. The predicted molar refractivity (Wildman–Crippen MR) is 32.5 cm³/mol. The number of Topliss-reactive ketones (excluding diaryl/α,β-unsaturated/α-hetero) is 1. The van der Waals surface area contributed by atoms with Crippen LogP contribution in [0, 0.1) is 0 Å². The Labute approximate surface area is 48.7 Å². The molecule has 1 aliphatic rings. The van der Waals surface area contributed by atoms with Crippen LogP contribution in [0.25, 0.3) is 0 Å². The Morgan fingerprint density at radius 2 is 1.75 bits per heavy atom. The first-order chi connectivity index (χ1) is 3.64. The van der Waals surface area contributed by atoms with Gasteiger partial charge in [0.25, 0.3) is 0 Å². The summed E-state index contributed by atoms with van der Waals surface area (Å²) in [5, 5.41) is 0. The summed E-state index contributed by atoms with van der Waals surface area (Å²) in [5.41, 5.74) is 2.62. The van der Waals surface area contributed by atoms with Gasteiger partial charge in [-0.3, -0.25) is 4.79 Å². The highest BCUT2D eigenvalue weighted by molar-refractivity contribution is 6.18. The second-order valence-electron chi connectivity index (χ2n) is 2.06. The quantitative estimate of drug-likeness (QED) is 0.429. The van der Waals surface area contributed by atoms with Gasteiger partial charge in [-0.2, -0.15) is 0 Å². The van der Waals surface area contributed by atoms with Crippen molar-refractivity contribution in [2.45, 2.75) is 13.8 Å². The summed E-state index contributed by atoms with van der Waals surface area (Å²) < 4.78 is 0. The van der Waals surface area contributed by atoms with Crippen LogP contribution in [0.4, 0.5) is 0 Å². The standard InChI is InChI=1S/C7H8O/c1-4-5(2)7(8)6(4)3/h2H2,1,3H3. The fraction of sp³-hybridized carbons (Fsp3) is 0.286. The molecule has 0 atom stereocenters. The van der Waals surface area contributed by atoms with E-state index in [4.69, 9.17) is 0 Å². The van der Waals surface area contributed by atoms with Crippen LogP contribution in [0.15, 0.2) is 23.3 Å². The highest BCUT2D eigenvalue weighted by atomic mass is 16.1. The maximum Gasteiger partial charge on any atom is 0.188 e. The summed E-state index contributed by atoms with van der Waals surface area (Å²) in [6.45, 7) is 7.31. The van der Waals surface area contributed by atoms with Gasteiger partial charge in [0.1, 0.15) is 0 Å². The number of allylic oxidation sites excluding steroid dienone is 3. The summed E-state index contributed by atoms with van der Waals surface area (Å²) >= 11 is 0. The van der Waals surface area contributed by atoms with Crippen LogP contribution in [-0.2, 0) is 4.79 Å². The van der Waals surface area contributed by atoms with Crippen LogP contribution in [-0.4, -0.2) is 5.78 Å². The molecule has 0 spiro atoms. The van der Waals surface area contributed by atoms with E-state index in [0.717, 1.165) is 11.1 Å². The van der Waals surface area contributed by atoms with Crippen LogP contribution < -0.4 is 0 Å². The molecule has 1 aliphatic carbocycles. The van der Waals surface area contributed by atoms with Gasteiger partial charge in [0.2, 0.25) is 0 Å². The van der Waals surface area contributed by atoms with Crippen molar-refractivity contribution in [3.63, 3.8) is 0 Å². The van der Waals surface area contributed by atoms with Crippen LogP contribution in [0.5, 0.6) is 0 Å². The predicted octanol–water partition coefficient (Wildman–Crippen LogP) is 1.46. The zero-order chi connectivity index (χ0) is 6.31. The first kappa shape index (κ1) is 5.29. The van der Waals surface area contributed by atoms with Crippen molar-refractivity contribution in [2.75, 3.05) is 0 Å². The highest BCUT2D eigenvalue weighted by Crippen LogP contribution is 2.26. The van der Waals surface area contributed by atoms with E-state index >= 15 is 0 Å². The third kappa shape index (κ3) is 0.386. The first-order valence-electron chi connectivity index (χ1n) is 2.56. The number of hydrogen-bond donors (Lipinski definition) is 0. The molecule has 0 unspecified atom stereocenters. The van der Waals surface area contributed by atoms with Crippen LogP contribution in [0.1, 0.15) is 13.8 Å². The molecule has 0 saturated heterocycles. The zero-order valence-corrected chi connectivity index (χ0v) is 5.12. The number of rotatable bonds is 0. The maximum atomic E-state index is 10.6. The van der Waals surface area contributed by atoms with Gasteiger partial charge in [-0.1, -0.05) is 6.58 Å². The van der Waals surface area contributed by atoms with Crippen molar-refractivity contribution in [3.05, 3.63) is 23.3 Å². The molecule has 0 aromatic carbocycles. The van der Waals surface area contributed by atoms with E-state index < -0.39 is 0 Å². The lowest BCUT2D eigenvalue weighted by Crippen LogP contribution is -2.16. The Kier molecular flexibility index (Phi) is 0.868. The summed E-state index contributed by atoms with van der Waals surface area (Å²) in [7, 11) is 0. The fourth-order valence-corrected chi connectivity index (χ4v) is 0.731. The molecule has 0 aromatic heterocycles. The molecule has 0 radical (unpaired) electrons. The van der Waals surface area contributed by atoms with Gasteiger partial charge in [0.15, 0.2) is 5.78 Å². The van der Waals surface area contributed by atoms with Gasteiger partial charge < -0.3 is 0 Å². The van der Waals surface area contributed by atoms with E-state index in [0.29, 0.717) is 5.57 Å². The Hall–Kier alpha value is -0.850. The lowest BCUT2D eigenvalue weighted by atomic mass is 9.85. The van der Waals surface area contributed by atoms with Crippen molar-refractivity contribution in [1.82, 2.24) is 0 Å². The molecule has 0 aliphatic heterocycles. The minimum atomic E-state index is 0.127. The smallest absolute Gasteiger partial charge is 0.188 e. The van der Waals surface area contributed by atoms with E-state index in [1.165, 1.54) is 0 Å². The Morgan fingerprint density at radius 1 is 1.25 bits per heavy atom. The van der Waals surface area contributed by atoms with E-state index in [2.05, 4.69) is 6.58 Å². The van der Waals surface area contributed by atoms with Crippen molar-refractivity contribution >= 4 is 5.78 Å². The number of carbonyl (C=O) groups excluding carboxylic acids is 1. The molecule has 0 fully saturated rings. The molecule has 1 nitrogen and oxygen atoms in total. The monoisotopic (exact) mass is 108 g/mol. The summed E-state index contributed by atoms with van der Waals surface area (Å²) in [5.74, 6) is 0.127. The van der Waals surface area contributed by atoms with Gasteiger partial charge in [0.05, 0.1) is 0 Å². The number of carbonyl (C=O) groups is 1. The average Bonchev–Trinajstić information content (AvgIpc) is 1.83. The molecule has 0 amide bonds. The maximum absolute atomic E-state index is 10.6.